The fourth-order valence-electron chi connectivity index (χ4n) is 5.00. The molecule has 0 radical (unpaired) electrons. The number of hydrogen-bond donors (Lipinski definition) is 1. The van der Waals surface area contributed by atoms with Gasteiger partial charge in [0.05, 0.1) is 12.7 Å². The van der Waals surface area contributed by atoms with Crippen LogP contribution in [-0.4, -0.2) is 30.8 Å². The van der Waals surface area contributed by atoms with Gasteiger partial charge in [0.2, 0.25) is 0 Å². The minimum atomic E-state index is -5.71. The minimum absolute atomic E-state index is 0.0155. The van der Waals surface area contributed by atoms with Crippen molar-refractivity contribution in [3.63, 3.8) is 0 Å². The van der Waals surface area contributed by atoms with Gasteiger partial charge in [-0.05, 0) is 56.2 Å². The fraction of sp³-hybridized carbons (Fsp3) is 0.500. The molecule has 1 saturated carbocycles. The molecule has 0 spiro atoms. The average Bonchev–Trinajstić information content (AvgIpc) is 2.96. The van der Waals surface area contributed by atoms with Gasteiger partial charge in [0.1, 0.15) is 23.1 Å². The summed E-state index contributed by atoms with van der Waals surface area (Å²) in [4.78, 5) is 30.1. The van der Waals surface area contributed by atoms with Gasteiger partial charge in [0, 0.05) is 0 Å². The average molecular weight is 619 g/mol. The number of amides is 1. The molecule has 1 aliphatic carbocycles. The first-order valence-electron chi connectivity index (χ1n) is 14.0. The Morgan fingerprint density at radius 2 is 1.37 bits per heavy atom. The monoisotopic (exact) mass is 618 g/mol. The number of nitrogens with zero attached hydrogens (tertiary/aromatic N) is 1. The van der Waals surface area contributed by atoms with E-state index in [0.29, 0.717) is 18.4 Å². The molecule has 0 saturated heterocycles. The van der Waals surface area contributed by atoms with Crippen molar-refractivity contribution in [2.45, 2.75) is 89.3 Å². The van der Waals surface area contributed by atoms with E-state index in [-0.39, 0.29) is 5.92 Å². The van der Waals surface area contributed by atoms with Crippen molar-refractivity contribution in [1.29, 1.82) is 0 Å². The largest absolute Gasteiger partial charge is 0.465 e. The van der Waals surface area contributed by atoms with Crippen LogP contribution in [0.5, 0.6) is 0 Å². The van der Waals surface area contributed by atoms with E-state index in [1.165, 1.54) is 7.11 Å². The van der Waals surface area contributed by atoms with Crippen LogP contribution in [0.2, 0.25) is 0 Å². The first-order valence-corrected chi connectivity index (χ1v) is 14.0. The molecule has 1 fully saturated rings. The Hall–Kier alpha value is -3.64. The van der Waals surface area contributed by atoms with E-state index in [1.54, 1.807) is 17.4 Å². The zero-order chi connectivity index (χ0) is 31.7. The lowest BCUT2D eigenvalue weighted by molar-refractivity contribution is -0.143. The Balaban J connectivity index is 1.79. The molecule has 2 aromatic carbocycles. The Morgan fingerprint density at radius 3 is 1.91 bits per heavy atom. The van der Waals surface area contributed by atoms with Crippen molar-refractivity contribution in [3.05, 3.63) is 64.2 Å². The highest BCUT2D eigenvalue weighted by Gasteiger charge is 2.42. The lowest BCUT2D eigenvalue weighted by Crippen LogP contribution is -2.25. The second-order valence-electron chi connectivity index (χ2n) is 10.5. The summed E-state index contributed by atoms with van der Waals surface area (Å²) in [7, 11) is 1.29. The molecule has 13 heteroatoms. The van der Waals surface area contributed by atoms with Crippen LogP contribution in [-0.2, 0) is 20.5 Å². The highest BCUT2D eigenvalue weighted by molar-refractivity contribution is 6.42. The van der Waals surface area contributed by atoms with E-state index < -0.39 is 64.4 Å². The second kappa shape index (κ2) is 15.2. The number of benzene rings is 2. The third-order valence-corrected chi connectivity index (χ3v) is 7.38. The number of alkyl halides is 3. The number of halogens is 7. The molecule has 236 valence electrons. The molecule has 2 atom stereocenters. The van der Waals surface area contributed by atoms with Crippen LogP contribution in [0.25, 0.3) is 0 Å². The number of nitrogens with one attached hydrogen (secondary N) is 1. The van der Waals surface area contributed by atoms with Gasteiger partial charge in [-0.1, -0.05) is 55.8 Å². The number of rotatable bonds is 6. The SMILES string of the molecule is COC(=O)c1ccc(C2CCCCCCCCCC(O/N=C(\C)C(=O)Nc3c(F)c(F)c(C(F)(F)F)c(F)c3F)C2)cc1. The predicted molar refractivity (Wildman–Crippen MR) is 145 cm³/mol. The molecule has 0 heterocycles. The molecule has 0 aliphatic heterocycles. The van der Waals surface area contributed by atoms with E-state index in [0.717, 1.165) is 63.9 Å². The van der Waals surface area contributed by atoms with E-state index in [2.05, 4.69) is 5.16 Å². The van der Waals surface area contributed by atoms with Gasteiger partial charge in [-0.3, -0.25) is 4.79 Å². The molecule has 2 unspecified atom stereocenters. The molecule has 3 rings (SSSR count). The number of methoxy groups -OCH3 is 1. The first-order chi connectivity index (χ1) is 20.3. The van der Waals surface area contributed by atoms with E-state index in [9.17, 15) is 40.3 Å². The van der Waals surface area contributed by atoms with Crippen LogP contribution in [0, 0.1) is 23.3 Å². The predicted octanol–water partition coefficient (Wildman–Crippen LogP) is 8.45. The summed E-state index contributed by atoms with van der Waals surface area (Å²) in [6.45, 7) is 1.11. The van der Waals surface area contributed by atoms with Gasteiger partial charge in [-0.25, -0.2) is 22.4 Å². The van der Waals surface area contributed by atoms with Crippen LogP contribution in [0.3, 0.4) is 0 Å². The van der Waals surface area contributed by atoms with E-state index in [1.807, 2.05) is 12.1 Å². The standard InChI is InChI=1S/C30H33F7N2O4/c1-17(28(40)38-27-25(33)23(31)22(30(35,36)37)24(32)26(27)34)39-43-21-11-9-7-5-3-4-6-8-10-20(16-21)18-12-14-19(15-13-18)29(41)42-2/h12-15,20-21H,3-11,16H2,1-2H3,(H,38,40)/b39-17+. The summed E-state index contributed by atoms with van der Waals surface area (Å²) in [5.74, 6) is -12.0. The summed E-state index contributed by atoms with van der Waals surface area (Å²) in [5.41, 5.74) is -3.58. The number of anilines is 1. The third-order valence-electron chi connectivity index (χ3n) is 7.38. The third kappa shape index (κ3) is 8.93. The van der Waals surface area contributed by atoms with Gasteiger partial charge in [-0.2, -0.15) is 13.2 Å². The first kappa shape index (κ1) is 33.9. The van der Waals surface area contributed by atoms with Gasteiger partial charge in [0.25, 0.3) is 5.91 Å². The van der Waals surface area contributed by atoms with Crippen LogP contribution >= 0.6 is 0 Å². The van der Waals surface area contributed by atoms with Gasteiger partial charge in [0.15, 0.2) is 23.3 Å². The van der Waals surface area contributed by atoms with Gasteiger partial charge < -0.3 is 14.9 Å². The summed E-state index contributed by atoms with van der Waals surface area (Å²) in [6, 6.07) is 7.02. The normalized spacial score (nSPS) is 19.1. The number of carbonyl (C=O) groups is 2. The molecule has 0 bridgehead atoms. The second-order valence-corrected chi connectivity index (χ2v) is 10.5. The van der Waals surface area contributed by atoms with Crippen molar-refractivity contribution >= 4 is 23.3 Å². The topological polar surface area (TPSA) is 77.0 Å². The Kier molecular flexibility index (Phi) is 12.0. The number of carbonyl (C=O) groups excluding carboxylic acids is 2. The van der Waals surface area contributed by atoms with Crippen LogP contribution in [0.4, 0.5) is 36.4 Å². The number of hydrogen-bond acceptors (Lipinski definition) is 5. The fourth-order valence-corrected chi connectivity index (χ4v) is 5.00. The molecule has 0 aromatic heterocycles. The van der Waals surface area contributed by atoms with Crippen molar-refractivity contribution in [2.24, 2.45) is 5.16 Å². The maximum absolute atomic E-state index is 14.3. The summed E-state index contributed by atoms with van der Waals surface area (Å²) < 4.78 is 99.7. The molecule has 1 amide bonds. The lowest BCUT2D eigenvalue weighted by Gasteiger charge is -2.24. The number of oxime groups is 1. The Bertz CT molecular complexity index is 1280. The van der Waals surface area contributed by atoms with Crippen LogP contribution in [0.1, 0.15) is 98.5 Å². The van der Waals surface area contributed by atoms with E-state index >= 15 is 0 Å². The minimum Gasteiger partial charge on any atom is -0.465 e. The molecule has 1 N–H and O–H groups in total. The maximum atomic E-state index is 14.3. The Morgan fingerprint density at radius 1 is 0.837 bits per heavy atom. The molecule has 43 heavy (non-hydrogen) atoms. The smallest absolute Gasteiger partial charge is 0.422 e. The summed E-state index contributed by atoms with van der Waals surface area (Å²) in [6.07, 6.45) is 2.74. The highest BCUT2D eigenvalue weighted by Crippen LogP contribution is 2.38. The van der Waals surface area contributed by atoms with Crippen molar-refractivity contribution in [2.75, 3.05) is 12.4 Å². The number of ether oxygens (including phenoxy) is 1. The zero-order valence-electron chi connectivity index (χ0n) is 23.8. The lowest BCUT2D eigenvalue weighted by atomic mass is 9.86. The quantitative estimate of drug-likeness (QED) is 0.116. The molecule has 2 aromatic rings. The van der Waals surface area contributed by atoms with Crippen molar-refractivity contribution < 1.29 is 49.9 Å². The zero-order valence-corrected chi connectivity index (χ0v) is 23.8. The van der Waals surface area contributed by atoms with Gasteiger partial charge in [-0.15, -0.1) is 0 Å². The maximum Gasteiger partial charge on any atom is 0.422 e. The number of esters is 1. The van der Waals surface area contributed by atoms with Crippen LogP contribution < -0.4 is 5.32 Å². The van der Waals surface area contributed by atoms with E-state index in [4.69, 9.17) is 9.57 Å². The Labute approximate surface area is 244 Å². The molecule has 1 aliphatic rings. The van der Waals surface area contributed by atoms with Crippen molar-refractivity contribution in [1.82, 2.24) is 0 Å². The molecular formula is C30H33F7N2O4. The summed E-state index contributed by atoms with van der Waals surface area (Å²) in [5, 5.41) is 5.33. The van der Waals surface area contributed by atoms with Crippen LogP contribution in [0.15, 0.2) is 29.4 Å². The molecule has 6 nitrogen and oxygen atoms in total. The summed E-state index contributed by atoms with van der Waals surface area (Å²) >= 11 is 0. The molecular weight excluding hydrogens is 585 g/mol. The van der Waals surface area contributed by atoms with Crippen molar-refractivity contribution in [3.8, 4) is 0 Å². The van der Waals surface area contributed by atoms with Gasteiger partial charge >= 0.3 is 12.1 Å². The highest BCUT2D eigenvalue weighted by atomic mass is 19.4.